The van der Waals surface area contributed by atoms with E-state index in [2.05, 4.69) is 17.3 Å². The summed E-state index contributed by atoms with van der Waals surface area (Å²) in [6, 6.07) is 1.50. The van der Waals surface area contributed by atoms with Gasteiger partial charge in [0.05, 0.1) is 6.61 Å². The molecule has 3 fully saturated rings. The highest BCUT2D eigenvalue weighted by molar-refractivity contribution is 4.98. The molecule has 3 atom stereocenters. The van der Waals surface area contributed by atoms with Crippen LogP contribution in [0, 0.1) is 11.8 Å². The number of ether oxygens (including phenoxy) is 1. The van der Waals surface area contributed by atoms with Crippen LogP contribution in [0.3, 0.4) is 0 Å². The lowest BCUT2D eigenvalue weighted by Gasteiger charge is -2.38. The van der Waals surface area contributed by atoms with Gasteiger partial charge in [0.1, 0.15) is 0 Å². The number of likely N-dealkylation sites (N-methyl/N-ethyl adjacent to an activating group) is 1. The second-order valence-electron chi connectivity index (χ2n) is 5.40. The predicted molar refractivity (Wildman–Crippen MR) is 59.9 cm³/mol. The third-order valence-electron chi connectivity index (χ3n) is 4.32. The fourth-order valence-electron chi connectivity index (χ4n) is 3.40. The molecule has 0 amide bonds. The Hall–Kier alpha value is -0.120. The van der Waals surface area contributed by atoms with Crippen LogP contribution in [0.1, 0.15) is 19.3 Å². The number of rotatable bonds is 1. The van der Waals surface area contributed by atoms with E-state index >= 15 is 0 Å². The third kappa shape index (κ3) is 1.93. The van der Waals surface area contributed by atoms with Crippen LogP contribution in [0.15, 0.2) is 0 Å². The zero-order chi connectivity index (χ0) is 10.3. The Balaban J connectivity index is 1.79. The molecular weight excluding hydrogens is 188 g/mol. The normalized spacial score (nSPS) is 43.4. The second-order valence-corrected chi connectivity index (χ2v) is 5.40. The van der Waals surface area contributed by atoms with E-state index in [0.717, 1.165) is 37.6 Å². The van der Waals surface area contributed by atoms with Gasteiger partial charge in [0.25, 0.3) is 0 Å². The molecule has 3 nitrogen and oxygen atoms in total. The highest BCUT2D eigenvalue weighted by Gasteiger charge is 2.44. The number of nitrogens with one attached hydrogen (secondary N) is 1. The minimum Gasteiger partial charge on any atom is -0.381 e. The zero-order valence-electron chi connectivity index (χ0n) is 9.61. The van der Waals surface area contributed by atoms with Gasteiger partial charge in [-0.3, -0.25) is 0 Å². The molecule has 15 heavy (non-hydrogen) atoms. The summed E-state index contributed by atoms with van der Waals surface area (Å²) in [6.45, 7) is 4.29. The molecule has 0 bridgehead atoms. The van der Waals surface area contributed by atoms with E-state index in [-0.39, 0.29) is 0 Å². The number of hydrogen-bond donors (Lipinski definition) is 1. The molecule has 2 aliphatic heterocycles. The largest absolute Gasteiger partial charge is 0.381 e. The summed E-state index contributed by atoms with van der Waals surface area (Å²) in [4.78, 5) is 2.57. The molecule has 0 aromatic carbocycles. The predicted octanol–water partition coefficient (Wildman–Crippen LogP) is 0.705. The summed E-state index contributed by atoms with van der Waals surface area (Å²) in [5.41, 5.74) is 0. The minimum atomic E-state index is 0.717. The van der Waals surface area contributed by atoms with E-state index in [1.165, 1.54) is 25.8 Å². The lowest BCUT2D eigenvalue weighted by Crippen LogP contribution is -2.49. The maximum Gasteiger partial charge on any atom is 0.0524 e. The van der Waals surface area contributed by atoms with Crippen LogP contribution < -0.4 is 5.32 Å². The maximum atomic E-state index is 5.68. The van der Waals surface area contributed by atoms with Gasteiger partial charge in [-0.25, -0.2) is 0 Å². The first-order valence-corrected chi connectivity index (χ1v) is 6.37. The van der Waals surface area contributed by atoms with Crippen molar-refractivity contribution in [3.8, 4) is 0 Å². The summed E-state index contributed by atoms with van der Waals surface area (Å²) in [6.07, 6.45) is 4.10. The number of nitrogens with zero attached hydrogens (tertiary/aromatic N) is 1. The van der Waals surface area contributed by atoms with Crippen molar-refractivity contribution in [1.82, 2.24) is 10.2 Å². The Bertz CT molecular complexity index is 230. The Morgan fingerprint density at radius 3 is 2.93 bits per heavy atom. The fourth-order valence-corrected chi connectivity index (χ4v) is 3.40. The van der Waals surface area contributed by atoms with Crippen LogP contribution in [-0.2, 0) is 4.74 Å². The minimum absolute atomic E-state index is 0.717. The molecule has 0 radical (unpaired) electrons. The van der Waals surface area contributed by atoms with Crippen LogP contribution in [0.25, 0.3) is 0 Å². The average molecular weight is 210 g/mol. The molecule has 3 heteroatoms. The van der Waals surface area contributed by atoms with Gasteiger partial charge in [-0.1, -0.05) is 0 Å². The third-order valence-corrected chi connectivity index (χ3v) is 4.32. The molecule has 0 aromatic heterocycles. The van der Waals surface area contributed by atoms with Crippen molar-refractivity contribution in [2.24, 2.45) is 11.8 Å². The topological polar surface area (TPSA) is 24.5 Å². The van der Waals surface area contributed by atoms with Gasteiger partial charge in [0.2, 0.25) is 0 Å². The first kappa shape index (κ1) is 10.1. The van der Waals surface area contributed by atoms with Gasteiger partial charge in [-0.2, -0.15) is 0 Å². The molecule has 0 spiro atoms. The highest BCUT2D eigenvalue weighted by atomic mass is 16.5. The lowest BCUT2D eigenvalue weighted by molar-refractivity contribution is 0.000440. The second kappa shape index (κ2) is 4.04. The molecule has 3 rings (SSSR count). The van der Waals surface area contributed by atoms with Crippen molar-refractivity contribution < 1.29 is 4.74 Å². The molecule has 1 unspecified atom stereocenters. The van der Waals surface area contributed by atoms with Crippen molar-refractivity contribution in [1.29, 1.82) is 0 Å². The smallest absolute Gasteiger partial charge is 0.0524 e. The van der Waals surface area contributed by atoms with Gasteiger partial charge >= 0.3 is 0 Å². The molecule has 1 N–H and O–H groups in total. The monoisotopic (exact) mass is 210 g/mol. The van der Waals surface area contributed by atoms with Crippen molar-refractivity contribution in [2.75, 3.05) is 33.4 Å². The molecule has 86 valence electrons. The standard InChI is InChI=1S/C12H22N2O/c1-14-6-5-13-11-4-7-15-8-10(11)12(14)9-2-3-9/h9-13H,2-8H2,1H3/t10-,11?,12+/m0/s1. The summed E-state index contributed by atoms with van der Waals surface area (Å²) >= 11 is 0. The van der Waals surface area contributed by atoms with Crippen molar-refractivity contribution in [3.05, 3.63) is 0 Å². The van der Waals surface area contributed by atoms with E-state index in [4.69, 9.17) is 4.74 Å². The van der Waals surface area contributed by atoms with Crippen LogP contribution >= 0.6 is 0 Å². The number of hydrogen-bond acceptors (Lipinski definition) is 3. The van der Waals surface area contributed by atoms with E-state index in [0.29, 0.717) is 6.04 Å². The lowest BCUT2D eigenvalue weighted by atomic mass is 9.86. The Morgan fingerprint density at radius 2 is 2.13 bits per heavy atom. The van der Waals surface area contributed by atoms with Gasteiger partial charge in [-0.05, 0) is 32.2 Å². The van der Waals surface area contributed by atoms with Gasteiger partial charge in [-0.15, -0.1) is 0 Å². The molecule has 0 aromatic rings. The molecular formula is C12H22N2O. The summed E-state index contributed by atoms with van der Waals surface area (Å²) < 4.78 is 5.68. The summed E-state index contributed by atoms with van der Waals surface area (Å²) in [7, 11) is 2.29. The molecule has 1 aliphatic carbocycles. The van der Waals surface area contributed by atoms with Crippen LogP contribution in [0.5, 0.6) is 0 Å². The van der Waals surface area contributed by atoms with Crippen LogP contribution in [-0.4, -0.2) is 50.3 Å². The first-order valence-electron chi connectivity index (χ1n) is 6.37. The fraction of sp³-hybridized carbons (Fsp3) is 1.00. The SMILES string of the molecule is CN1CCNC2CCOC[C@@H]2[C@H]1C1CC1. The quantitative estimate of drug-likeness (QED) is 0.689. The zero-order valence-corrected chi connectivity index (χ0v) is 9.61. The van der Waals surface area contributed by atoms with E-state index < -0.39 is 0 Å². The summed E-state index contributed by atoms with van der Waals surface area (Å²) in [5, 5.41) is 3.70. The molecule has 1 saturated carbocycles. The van der Waals surface area contributed by atoms with Gasteiger partial charge in [0, 0.05) is 37.7 Å². The van der Waals surface area contributed by atoms with Crippen molar-refractivity contribution in [3.63, 3.8) is 0 Å². The van der Waals surface area contributed by atoms with Crippen LogP contribution in [0.4, 0.5) is 0 Å². The number of fused-ring (bicyclic) bond motifs is 1. The first-order chi connectivity index (χ1) is 7.36. The Labute approximate surface area is 92.2 Å². The van der Waals surface area contributed by atoms with Crippen molar-refractivity contribution in [2.45, 2.75) is 31.3 Å². The average Bonchev–Trinajstić information content (AvgIpc) is 3.03. The van der Waals surface area contributed by atoms with Crippen LogP contribution in [0.2, 0.25) is 0 Å². The maximum absolute atomic E-state index is 5.68. The Kier molecular flexibility index (Phi) is 2.71. The van der Waals surface area contributed by atoms with Gasteiger partial charge in [0.15, 0.2) is 0 Å². The molecule has 3 aliphatic rings. The molecule has 2 saturated heterocycles. The van der Waals surface area contributed by atoms with E-state index in [1.807, 2.05) is 0 Å². The van der Waals surface area contributed by atoms with Gasteiger partial charge < -0.3 is 15.0 Å². The van der Waals surface area contributed by atoms with E-state index in [1.54, 1.807) is 0 Å². The Morgan fingerprint density at radius 1 is 1.27 bits per heavy atom. The van der Waals surface area contributed by atoms with E-state index in [9.17, 15) is 0 Å². The summed E-state index contributed by atoms with van der Waals surface area (Å²) in [5.74, 6) is 1.70. The highest BCUT2D eigenvalue weighted by Crippen LogP contribution is 2.41. The van der Waals surface area contributed by atoms with Crippen molar-refractivity contribution >= 4 is 0 Å². The molecule has 2 heterocycles.